The van der Waals surface area contributed by atoms with E-state index in [1.165, 1.54) is 24.5 Å². The molecule has 1 N–H and O–H groups in total. The Morgan fingerprint density at radius 1 is 1.03 bits per heavy atom. The summed E-state index contributed by atoms with van der Waals surface area (Å²) in [5.74, 6) is -1.96. The molecule has 0 unspecified atom stereocenters. The van der Waals surface area contributed by atoms with Crippen molar-refractivity contribution < 1.29 is 28.3 Å². The minimum Gasteiger partial charge on any atom is -0.467 e. The minimum absolute atomic E-state index is 0.0192. The topological polar surface area (TPSA) is 130 Å². The van der Waals surface area contributed by atoms with Crippen molar-refractivity contribution in [1.82, 2.24) is 4.90 Å². The Labute approximate surface area is 181 Å². The summed E-state index contributed by atoms with van der Waals surface area (Å²) < 4.78 is 10.2. The van der Waals surface area contributed by atoms with E-state index in [0.717, 1.165) is 4.90 Å². The predicted octanol–water partition coefficient (Wildman–Crippen LogP) is 2.74. The maximum Gasteiger partial charge on any atom is 0.338 e. The van der Waals surface area contributed by atoms with Crippen LogP contribution < -0.4 is 5.32 Å². The molecular formula is C23H15N3O6. The number of esters is 1. The zero-order chi connectivity index (χ0) is 22.7. The van der Waals surface area contributed by atoms with Crippen LogP contribution in [0.3, 0.4) is 0 Å². The highest BCUT2D eigenvalue weighted by molar-refractivity contribution is 6.21. The van der Waals surface area contributed by atoms with Crippen LogP contribution in [0, 0.1) is 11.3 Å². The van der Waals surface area contributed by atoms with Gasteiger partial charge in [-0.2, -0.15) is 5.26 Å². The zero-order valence-corrected chi connectivity index (χ0v) is 16.5. The molecule has 0 fully saturated rings. The lowest BCUT2D eigenvalue weighted by Gasteiger charge is -2.11. The van der Waals surface area contributed by atoms with Gasteiger partial charge in [0, 0.05) is 5.69 Å². The van der Waals surface area contributed by atoms with E-state index in [4.69, 9.17) is 14.4 Å². The lowest BCUT2D eigenvalue weighted by atomic mass is 10.1. The molecule has 1 aliphatic heterocycles. The van der Waals surface area contributed by atoms with E-state index in [9.17, 15) is 19.2 Å². The molecule has 2 aromatic carbocycles. The van der Waals surface area contributed by atoms with E-state index >= 15 is 0 Å². The first kappa shape index (κ1) is 20.6. The third-order valence-corrected chi connectivity index (χ3v) is 4.73. The quantitative estimate of drug-likeness (QED) is 0.471. The zero-order valence-electron chi connectivity index (χ0n) is 16.5. The molecule has 4 rings (SSSR count). The van der Waals surface area contributed by atoms with Gasteiger partial charge in [-0.1, -0.05) is 0 Å². The molecule has 0 aliphatic carbocycles. The predicted molar refractivity (Wildman–Crippen MR) is 109 cm³/mol. The normalized spacial score (nSPS) is 12.3. The van der Waals surface area contributed by atoms with Crippen molar-refractivity contribution in [2.24, 2.45) is 0 Å². The Morgan fingerprint density at radius 3 is 2.47 bits per heavy atom. The third-order valence-electron chi connectivity index (χ3n) is 4.73. The van der Waals surface area contributed by atoms with Crippen molar-refractivity contribution in [3.8, 4) is 6.07 Å². The fourth-order valence-electron chi connectivity index (χ4n) is 3.16. The molecule has 0 atom stereocenters. The molecule has 32 heavy (non-hydrogen) atoms. The highest BCUT2D eigenvalue weighted by Crippen LogP contribution is 2.26. The number of imide groups is 1. The first-order valence-corrected chi connectivity index (χ1v) is 9.46. The van der Waals surface area contributed by atoms with Crippen LogP contribution >= 0.6 is 0 Å². The average molecular weight is 429 g/mol. The van der Waals surface area contributed by atoms with Crippen LogP contribution in [0.2, 0.25) is 0 Å². The highest BCUT2D eigenvalue weighted by atomic mass is 16.5. The number of fused-ring (bicyclic) bond motifs is 1. The Bertz CT molecular complexity index is 1260. The molecule has 0 radical (unpaired) electrons. The summed E-state index contributed by atoms with van der Waals surface area (Å²) in [7, 11) is 0. The molecule has 1 aliphatic rings. The summed E-state index contributed by atoms with van der Waals surface area (Å²) in [6.07, 6.45) is 1.44. The molecule has 158 valence electrons. The van der Waals surface area contributed by atoms with E-state index in [1.54, 1.807) is 36.4 Å². The summed E-state index contributed by atoms with van der Waals surface area (Å²) in [6.45, 7) is -0.567. The van der Waals surface area contributed by atoms with Gasteiger partial charge in [0.15, 0.2) is 6.61 Å². The van der Waals surface area contributed by atoms with Crippen LogP contribution in [-0.2, 0) is 16.1 Å². The van der Waals surface area contributed by atoms with Gasteiger partial charge in [0.1, 0.15) is 5.76 Å². The molecule has 0 saturated carbocycles. The number of furan rings is 1. The van der Waals surface area contributed by atoms with Gasteiger partial charge in [-0.05, 0) is 54.6 Å². The SMILES string of the molecule is N#Cc1ccc(NC(=O)COC(=O)c2ccc3c(c2)C(=O)N(Cc2ccco2)C3=O)cc1. The van der Waals surface area contributed by atoms with Gasteiger partial charge in [-0.25, -0.2) is 4.79 Å². The number of carbonyl (C=O) groups is 4. The molecule has 9 nitrogen and oxygen atoms in total. The van der Waals surface area contributed by atoms with Crippen LogP contribution in [-0.4, -0.2) is 35.2 Å². The molecule has 0 spiro atoms. The molecule has 1 aromatic heterocycles. The number of benzene rings is 2. The summed E-state index contributed by atoms with van der Waals surface area (Å²) in [4.78, 5) is 50.6. The number of hydrogen-bond donors (Lipinski definition) is 1. The summed E-state index contributed by atoms with van der Waals surface area (Å²) in [6, 6.07) is 15.5. The maximum atomic E-state index is 12.7. The summed E-state index contributed by atoms with van der Waals surface area (Å²) in [5.41, 5.74) is 1.19. The molecule has 0 saturated heterocycles. The maximum absolute atomic E-state index is 12.7. The highest BCUT2D eigenvalue weighted by Gasteiger charge is 2.36. The molecule has 2 heterocycles. The number of rotatable bonds is 6. The number of carbonyl (C=O) groups excluding carboxylic acids is 4. The fourth-order valence-corrected chi connectivity index (χ4v) is 3.16. The van der Waals surface area contributed by atoms with Crippen molar-refractivity contribution >= 4 is 29.4 Å². The lowest BCUT2D eigenvalue weighted by molar-refractivity contribution is -0.119. The Hall–Kier alpha value is -4.71. The van der Waals surface area contributed by atoms with Crippen molar-refractivity contribution in [3.05, 3.63) is 88.9 Å². The van der Waals surface area contributed by atoms with Gasteiger partial charge in [-0.3, -0.25) is 19.3 Å². The third kappa shape index (κ3) is 4.11. The van der Waals surface area contributed by atoms with Gasteiger partial charge in [-0.15, -0.1) is 0 Å². The second kappa shape index (κ2) is 8.57. The monoisotopic (exact) mass is 429 g/mol. The first-order chi connectivity index (χ1) is 15.5. The number of nitrogens with zero attached hydrogens (tertiary/aromatic N) is 2. The molecular weight excluding hydrogens is 414 g/mol. The van der Waals surface area contributed by atoms with Crippen LogP contribution in [0.15, 0.2) is 65.3 Å². The molecule has 3 amide bonds. The summed E-state index contributed by atoms with van der Waals surface area (Å²) >= 11 is 0. The van der Waals surface area contributed by atoms with Gasteiger partial charge in [0.2, 0.25) is 0 Å². The Morgan fingerprint density at radius 2 is 1.78 bits per heavy atom. The molecule has 9 heteroatoms. The van der Waals surface area contributed by atoms with Crippen LogP contribution in [0.1, 0.15) is 42.4 Å². The van der Waals surface area contributed by atoms with Gasteiger partial charge in [0.25, 0.3) is 17.7 Å². The smallest absolute Gasteiger partial charge is 0.338 e. The van der Waals surface area contributed by atoms with Gasteiger partial charge >= 0.3 is 5.97 Å². The van der Waals surface area contributed by atoms with Crippen molar-refractivity contribution in [2.45, 2.75) is 6.54 Å². The number of nitrogens with one attached hydrogen (secondary N) is 1. The number of ether oxygens (including phenoxy) is 1. The number of hydrogen-bond acceptors (Lipinski definition) is 7. The Kier molecular flexibility index (Phi) is 5.51. The first-order valence-electron chi connectivity index (χ1n) is 9.46. The van der Waals surface area contributed by atoms with Crippen molar-refractivity contribution in [3.63, 3.8) is 0 Å². The van der Waals surface area contributed by atoms with E-state index in [-0.39, 0.29) is 23.2 Å². The van der Waals surface area contributed by atoms with Gasteiger partial charge < -0.3 is 14.5 Å². The number of amides is 3. The van der Waals surface area contributed by atoms with Crippen LogP contribution in [0.5, 0.6) is 0 Å². The largest absolute Gasteiger partial charge is 0.467 e. The standard InChI is InChI=1S/C23H15N3O6/c24-11-14-3-6-16(7-4-14)25-20(27)13-32-23(30)15-5-8-18-19(10-15)22(29)26(21(18)28)12-17-2-1-9-31-17/h1-10H,12-13H2,(H,25,27). The van der Waals surface area contributed by atoms with Crippen LogP contribution in [0.4, 0.5) is 5.69 Å². The minimum atomic E-state index is -0.812. The van der Waals surface area contributed by atoms with E-state index in [0.29, 0.717) is 17.0 Å². The van der Waals surface area contributed by atoms with E-state index in [2.05, 4.69) is 5.32 Å². The fraction of sp³-hybridized carbons (Fsp3) is 0.0870. The molecule has 0 bridgehead atoms. The van der Waals surface area contributed by atoms with Crippen LogP contribution in [0.25, 0.3) is 0 Å². The van der Waals surface area contributed by atoms with E-state index in [1.807, 2.05) is 6.07 Å². The molecule has 3 aromatic rings. The average Bonchev–Trinajstić information content (AvgIpc) is 3.41. The lowest BCUT2D eigenvalue weighted by Crippen LogP contribution is -2.28. The van der Waals surface area contributed by atoms with Gasteiger partial charge in [0.05, 0.1) is 41.1 Å². The van der Waals surface area contributed by atoms with Crippen molar-refractivity contribution in [1.29, 1.82) is 5.26 Å². The number of anilines is 1. The second-order valence-electron chi connectivity index (χ2n) is 6.85. The van der Waals surface area contributed by atoms with E-state index < -0.39 is 30.3 Å². The summed E-state index contributed by atoms with van der Waals surface area (Å²) in [5, 5.41) is 11.3. The number of nitriles is 1. The Balaban J connectivity index is 1.39. The van der Waals surface area contributed by atoms with Crippen molar-refractivity contribution in [2.75, 3.05) is 11.9 Å². The second-order valence-corrected chi connectivity index (χ2v) is 6.85.